The van der Waals surface area contributed by atoms with Crippen LogP contribution in [0.15, 0.2) is 0 Å². The van der Waals surface area contributed by atoms with Gasteiger partial charge in [0.2, 0.25) is 6.16 Å². The number of rotatable bonds is 0. The molecule has 0 aromatic rings. The van der Waals surface area contributed by atoms with Crippen LogP contribution in [0.4, 0.5) is 9.59 Å². The third kappa shape index (κ3) is 265. The van der Waals surface area contributed by atoms with Gasteiger partial charge in [0.1, 0.15) is 0 Å². The Labute approximate surface area is 65.7 Å². The van der Waals surface area contributed by atoms with Gasteiger partial charge in [0.25, 0.3) is 0 Å². The smallest absolute Gasteiger partial charge is 0.870 e. The SMILES string of the molecule is O=C(O)O.O=C([O-])O.[Cu+2].[OH-]. The Bertz CT molecular complexity index is 69.6. The van der Waals surface area contributed by atoms with Crippen LogP contribution < -0.4 is 5.11 Å². The van der Waals surface area contributed by atoms with Gasteiger partial charge in [-0.15, -0.1) is 0 Å². The Hall–Kier alpha value is -0.981. The first kappa shape index (κ1) is 23.0. The van der Waals surface area contributed by atoms with Crippen LogP contribution in [-0.4, -0.2) is 33.1 Å². The molecule has 7 nitrogen and oxygen atoms in total. The molecule has 10 heavy (non-hydrogen) atoms. The van der Waals surface area contributed by atoms with Crippen molar-refractivity contribution in [3.63, 3.8) is 0 Å². The fraction of sp³-hybridized carbons (Fsp3) is 0. The Morgan fingerprint density at radius 3 is 1.10 bits per heavy atom. The van der Waals surface area contributed by atoms with Crippen LogP contribution in [0.5, 0.6) is 0 Å². The predicted molar refractivity (Wildman–Crippen MR) is 20.6 cm³/mol. The van der Waals surface area contributed by atoms with Crippen molar-refractivity contribution in [1.82, 2.24) is 0 Å². The summed E-state index contributed by atoms with van der Waals surface area (Å²) in [5.74, 6) is 0. The average Bonchev–Trinajstić information content (AvgIpc) is 1.25. The van der Waals surface area contributed by atoms with Gasteiger partial charge in [0.15, 0.2) is 0 Å². The molecule has 0 saturated heterocycles. The van der Waals surface area contributed by atoms with Crippen LogP contribution >= 0.6 is 0 Å². The van der Waals surface area contributed by atoms with Crippen LogP contribution in [0.1, 0.15) is 0 Å². The van der Waals surface area contributed by atoms with Crippen molar-refractivity contribution < 1.29 is 52.6 Å². The summed E-state index contributed by atoms with van der Waals surface area (Å²) in [6.07, 6.45) is -3.92. The van der Waals surface area contributed by atoms with Crippen LogP contribution in [0, 0.1) is 0 Å². The van der Waals surface area contributed by atoms with Crippen molar-refractivity contribution in [3.8, 4) is 0 Å². The number of carboxylic acid groups (broad SMARTS) is 4. The van der Waals surface area contributed by atoms with Crippen LogP contribution in [0.25, 0.3) is 0 Å². The first-order chi connectivity index (χ1) is 3.46. The molecule has 0 saturated carbocycles. The molecular formula is C2H4CuO7. The van der Waals surface area contributed by atoms with Crippen LogP contribution in [0.3, 0.4) is 0 Å². The van der Waals surface area contributed by atoms with E-state index in [2.05, 4.69) is 0 Å². The summed E-state index contributed by atoms with van der Waals surface area (Å²) in [7, 11) is 0. The average molecular weight is 204 g/mol. The fourth-order valence-electron chi connectivity index (χ4n) is 0. The maximum absolute atomic E-state index is 8.56. The Morgan fingerprint density at radius 1 is 1.10 bits per heavy atom. The largest absolute Gasteiger partial charge is 2.00 e. The fourth-order valence-corrected chi connectivity index (χ4v) is 0. The van der Waals surface area contributed by atoms with Gasteiger partial charge < -0.3 is 30.7 Å². The van der Waals surface area contributed by atoms with Crippen LogP contribution in [-0.2, 0) is 17.1 Å². The summed E-state index contributed by atoms with van der Waals surface area (Å²) in [4.78, 5) is 17.0. The Morgan fingerprint density at radius 2 is 1.10 bits per heavy atom. The number of carbonyl (C=O) groups is 2. The van der Waals surface area contributed by atoms with E-state index in [1.165, 1.54) is 0 Å². The second-order valence-corrected chi connectivity index (χ2v) is 0.548. The van der Waals surface area contributed by atoms with Gasteiger partial charge in [0, 0.05) is 0 Å². The minimum absolute atomic E-state index is 0. The molecule has 4 N–H and O–H groups in total. The maximum atomic E-state index is 8.56. The van der Waals surface area contributed by atoms with E-state index in [1.54, 1.807) is 0 Å². The monoisotopic (exact) mass is 203 g/mol. The molecule has 0 fully saturated rings. The van der Waals surface area contributed by atoms with E-state index in [0.717, 1.165) is 0 Å². The van der Waals surface area contributed by atoms with E-state index >= 15 is 0 Å². The molecule has 8 heteroatoms. The molecule has 0 atom stereocenters. The molecule has 0 aliphatic rings. The summed E-state index contributed by atoms with van der Waals surface area (Å²) >= 11 is 0. The first-order valence-electron chi connectivity index (χ1n) is 1.28. The number of hydrogen-bond donors (Lipinski definition) is 3. The zero-order valence-corrected chi connectivity index (χ0v) is 5.26. The standard InChI is InChI=1S/2CH2O3.Cu.H2O/c2*2-1(3)4;;/h2*(H2,2,3,4);;1H2/q;;+2;/p-2. The van der Waals surface area contributed by atoms with Crippen molar-refractivity contribution in [2.75, 3.05) is 0 Å². The Balaban J connectivity index is -0.0000000300. The van der Waals surface area contributed by atoms with Gasteiger partial charge in [-0.25, -0.2) is 4.79 Å². The second kappa shape index (κ2) is 15.7. The molecule has 0 aromatic carbocycles. The molecule has 65 valence electrons. The van der Waals surface area contributed by atoms with Crippen molar-refractivity contribution in [2.45, 2.75) is 0 Å². The minimum atomic E-state index is -2.08. The molecule has 1 radical (unpaired) electrons. The van der Waals surface area contributed by atoms with Gasteiger partial charge >= 0.3 is 23.2 Å². The van der Waals surface area contributed by atoms with Gasteiger partial charge in [-0.2, -0.15) is 0 Å². The van der Waals surface area contributed by atoms with E-state index < -0.39 is 12.3 Å². The third-order valence-electron chi connectivity index (χ3n) is 0. The topological polar surface area (TPSA) is 148 Å². The summed E-state index contributed by atoms with van der Waals surface area (Å²) < 4.78 is 0. The van der Waals surface area contributed by atoms with Gasteiger partial charge in [-0.05, 0) is 0 Å². The van der Waals surface area contributed by atoms with Crippen molar-refractivity contribution >= 4 is 12.3 Å². The van der Waals surface area contributed by atoms with E-state index in [1.807, 2.05) is 0 Å². The van der Waals surface area contributed by atoms with E-state index in [0.29, 0.717) is 0 Å². The second-order valence-electron chi connectivity index (χ2n) is 0.548. The first-order valence-corrected chi connectivity index (χ1v) is 1.28. The summed E-state index contributed by atoms with van der Waals surface area (Å²) in [6.45, 7) is 0. The third-order valence-corrected chi connectivity index (χ3v) is 0. The molecule has 0 heterocycles. The molecule has 0 rings (SSSR count). The Kier molecular flexibility index (Phi) is 36.1. The van der Waals surface area contributed by atoms with Gasteiger partial charge in [-0.1, -0.05) is 0 Å². The molecule has 0 bridgehead atoms. The molecular weight excluding hydrogens is 200 g/mol. The summed E-state index contributed by atoms with van der Waals surface area (Å²) in [5, 5.41) is 29.2. The maximum Gasteiger partial charge on any atom is 2.00 e. The zero-order valence-electron chi connectivity index (χ0n) is 4.32. The molecule has 0 amide bonds. The molecule has 0 aliphatic carbocycles. The van der Waals surface area contributed by atoms with Gasteiger partial charge in [0.05, 0.1) is 0 Å². The number of hydrogen-bond acceptors (Lipinski definition) is 4. The quantitative estimate of drug-likeness (QED) is 0.425. The van der Waals surface area contributed by atoms with Crippen molar-refractivity contribution in [3.05, 3.63) is 0 Å². The van der Waals surface area contributed by atoms with E-state index in [4.69, 9.17) is 30.0 Å². The summed E-state index contributed by atoms with van der Waals surface area (Å²) in [6, 6.07) is 0. The van der Waals surface area contributed by atoms with Crippen molar-refractivity contribution in [1.29, 1.82) is 0 Å². The predicted octanol–water partition coefficient (Wildman–Crippen LogP) is -1.07. The summed E-state index contributed by atoms with van der Waals surface area (Å²) in [5.41, 5.74) is 0. The van der Waals surface area contributed by atoms with Crippen molar-refractivity contribution in [2.24, 2.45) is 0 Å². The molecule has 0 aromatic heterocycles. The molecule has 0 spiro atoms. The zero-order chi connectivity index (χ0) is 7.15. The normalized spacial score (nSPS) is 4.80. The molecule has 0 aliphatic heterocycles. The van der Waals surface area contributed by atoms with E-state index in [9.17, 15) is 0 Å². The van der Waals surface area contributed by atoms with E-state index in [-0.39, 0.29) is 22.5 Å². The van der Waals surface area contributed by atoms with Crippen LogP contribution in [0.2, 0.25) is 0 Å². The van der Waals surface area contributed by atoms with Gasteiger partial charge in [-0.3, -0.25) is 0 Å². The minimum Gasteiger partial charge on any atom is -0.870 e. The molecule has 0 unspecified atom stereocenters.